The first kappa shape index (κ1) is 12.0. The summed E-state index contributed by atoms with van der Waals surface area (Å²) in [6.07, 6.45) is 0. The fraction of sp³-hybridized carbons (Fsp3) is 0.143. The summed E-state index contributed by atoms with van der Waals surface area (Å²) < 4.78 is 1.02. The van der Waals surface area contributed by atoms with Gasteiger partial charge in [0.1, 0.15) is 0 Å². The molecule has 3 heteroatoms. The number of nitrogens with one attached hydrogen (secondary N) is 1. The second-order valence-corrected chi connectivity index (χ2v) is 4.92. The molecule has 2 rings (SSSR count). The van der Waals surface area contributed by atoms with Crippen LogP contribution in [0.5, 0.6) is 0 Å². The number of nitrogens with two attached hydrogens (primary N) is 1. The van der Waals surface area contributed by atoms with Crippen LogP contribution in [-0.2, 0) is 0 Å². The van der Waals surface area contributed by atoms with Crippen LogP contribution in [0, 0.1) is 0 Å². The molecule has 2 aromatic carbocycles. The van der Waals surface area contributed by atoms with E-state index in [1.807, 2.05) is 36.4 Å². The van der Waals surface area contributed by atoms with Crippen LogP contribution < -0.4 is 11.1 Å². The Morgan fingerprint density at radius 1 is 1.12 bits per heavy atom. The molecule has 17 heavy (non-hydrogen) atoms. The Bertz CT molecular complexity index is 497. The monoisotopic (exact) mass is 290 g/mol. The Morgan fingerprint density at radius 2 is 1.82 bits per heavy atom. The molecule has 0 unspecified atom stereocenters. The summed E-state index contributed by atoms with van der Waals surface area (Å²) in [5.74, 6) is 0. The van der Waals surface area contributed by atoms with Crippen LogP contribution in [0.3, 0.4) is 0 Å². The molecule has 0 bridgehead atoms. The molecular weight excluding hydrogens is 276 g/mol. The third kappa shape index (κ3) is 3.01. The first-order valence-electron chi connectivity index (χ1n) is 5.53. The van der Waals surface area contributed by atoms with Gasteiger partial charge in [0.15, 0.2) is 0 Å². The predicted octanol–water partition coefficient (Wildman–Crippen LogP) is 4.20. The summed E-state index contributed by atoms with van der Waals surface area (Å²) in [5.41, 5.74) is 8.89. The summed E-state index contributed by atoms with van der Waals surface area (Å²) >= 11 is 3.45. The van der Waals surface area contributed by atoms with Gasteiger partial charge in [0.2, 0.25) is 0 Å². The Balaban J connectivity index is 2.18. The van der Waals surface area contributed by atoms with Crippen molar-refractivity contribution in [1.29, 1.82) is 0 Å². The van der Waals surface area contributed by atoms with Gasteiger partial charge in [-0.1, -0.05) is 46.3 Å². The van der Waals surface area contributed by atoms with Crippen LogP contribution in [0.2, 0.25) is 0 Å². The number of hydrogen-bond acceptors (Lipinski definition) is 2. The fourth-order valence-corrected chi connectivity index (χ4v) is 2.07. The number of halogens is 1. The second kappa shape index (κ2) is 5.23. The summed E-state index contributed by atoms with van der Waals surface area (Å²) in [6, 6.07) is 16.4. The fourth-order valence-electron chi connectivity index (χ4n) is 1.71. The highest BCUT2D eigenvalue weighted by molar-refractivity contribution is 9.10. The molecule has 2 nitrogen and oxygen atoms in total. The molecule has 3 N–H and O–H groups in total. The van der Waals surface area contributed by atoms with E-state index in [4.69, 9.17) is 5.73 Å². The van der Waals surface area contributed by atoms with Crippen molar-refractivity contribution in [3.63, 3.8) is 0 Å². The van der Waals surface area contributed by atoms with E-state index in [0.717, 1.165) is 15.8 Å². The molecule has 1 atom stereocenters. The van der Waals surface area contributed by atoms with Crippen LogP contribution in [0.4, 0.5) is 11.4 Å². The van der Waals surface area contributed by atoms with Crippen molar-refractivity contribution >= 4 is 27.3 Å². The van der Waals surface area contributed by atoms with Crippen molar-refractivity contribution < 1.29 is 0 Å². The standard InChI is InChI=1S/C14H15BrN2/c1-10(11-5-3-2-4-6-11)17-14-9-12(15)7-8-13(14)16/h2-10,17H,16H2,1H3/t10-/m0/s1. The molecule has 88 valence electrons. The summed E-state index contributed by atoms with van der Waals surface area (Å²) in [6.45, 7) is 2.12. The van der Waals surface area contributed by atoms with E-state index >= 15 is 0 Å². The maximum Gasteiger partial charge on any atom is 0.0589 e. The average molecular weight is 291 g/mol. The number of anilines is 2. The number of hydrogen-bond donors (Lipinski definition) is 2. The van der Waals surface area contributed by atoms with Gasteiger partial charge >= 0.3 is 0 Å². The normalized spacial score (nSPS) is 12.1. The van der Waals surface area contributed by atoms with Crippen molar-refractivity contribution in [3.8, 4) is 0 Å². The van der Waals surface area contributed by atoms with Gasteiger partial charge in [-0.05, 0) is 30.7 Å². The van der Waals surface area contributed by atoms with Crippen molar-refractivity contribution in [2.45, 2.75) is 13.0 Å². The molecule has 0 heterocycles. The SMILES string of the molecule is C[C@H](Nc1cc(Br)ccc1N)c1ccccc1. The Labute approximate surface area is 110 Å². The molecule has 0 aliphatic carbocycles. The van der Waals surface area contributed by atoms with Gasteiger partial charge in [-0.2, -0.15) is 0 Å². The lowest BCUT2D eigenvalue weighted by atomic mass is 10.1. The third-order valence-electron chi connectivity index (χ3n) is 2.69. The van der Waals surface area contributed by atoms with Crippen molar-refractivity contribution in [3.05, 3.63) is 58.6 Å². The third-order valence-corrected chi connectivity index (χ3v) is 3.18. The zero-order valence-electron chi connectivity index (χ0n) is 9.65. The summed E-state index contributed by atoms with van der Waals surface area (Å²) in [4.78, 5) is 0. The highest BCUT2D eigenvalue weighted by Gasteiger charge is 2.06. The first-order chi connectivity index (χ1) is 8.16. The zero-order valence-corrected chi connectivity index (χ0v) is 11.2. The highest BCUT2D eigenvalue weighted by atomic mass is 79.9. The minimum absolute atomic E-state index is 0.229. The molecule has 0 aromatic heterocycles. The van der Waals surface area contributed by atoms with Crippen LogP contribution in [0.15, 0.2) is 53.0 Å². The van der Waals surface area contributed by atoms with Gasteiger partial charge in [0.25, 0.3) is 0 Å². The lowest BCUT2D eigenvalue weighted by Crippen LogP contribution is -2.08. The lowest BCUT2D eigenvalue weighted by Gasteiger charge is -2.17. The number of nitrogen functional groups attached to an aromatic ring is 1. The maximum atomic E-state index is 5.93. The molecule has 0 radical (unpaired) electrons. The average Bonchev–Trinajstić information content (AvgIpc) is 2.35. The topological polar surface area (TPSA) is 38.0 Å². The molecule has 0 amide bonds. The highest BCUT2D eigenvalue weighted by Crippen LogP contribution is 2.27. The van der Waals surface area contributed by atoms with Gasteiger partial charge in [0, 0.05) is 10.5 Å². The van der Waals surface area contributed by atoms with Gasteiger partial charge in [-0.3, -0.25) is 0 Å². The molecule has 0 aliphatic heterocycles. The van der Waals surface area contributed by atoms with E-state index < -0.39 is 0 Å². The van der Waals surface area contributed by atoms with Gasteiger partial charge in [0.05, 0.1) is 11.4 Å². The molecule has 0 saturated heterocycles. The Hall–Kier alpha value is -1.48. The van der Waals surface area contributed by atoms with Crippen molar-refractivity contribution in [1.82, 2.24) is 0 Å². The van der Waals surface area contributed by atoms with Crippen LogP contribution in [0.25, 0.3) is 0 Å². The number of benzene rings is 2. The van der Waals surface area contributed by atoms with Crippen LogP contribution in [0.1, 0.15) is 18.5 Å². The van der Waals surface area contributed by atoms with E-state index in [1.54, 1.807) is 0 Å². The maximum absolute atomic E-state index is 5.93. The van der Waals surface area contributed by atoms with Crippen molar-refractivity contribution in [2.75, 3.05) is 11.1 Å². The Morgan fingerprint density at radius 3 is 2.53 bits per heavy atom. The van der Waals surface area contributed by atoms with Crippen LogP contribution in [-0.4, -0.2) is 0 Å². The van der Waals surface area contributed by atoms with Gasteiger partial charge < -0.3 is 11.1 Å². The van der Waals surface area contributed by atoms with Crippen molar-refractivity contribution in [2.24, 2.45) is 0 Å². The smallest absolute Gasteiger partial charge is 0.0589 e. The molecule has 0 fully saturated rings. The predicted molar refractivity (Wildman–Crippen MR) is 77.0 cm³/mol. The quantitative estimate of drug-likeness (QED) is 0.831. The summed E-state index contributed by atoms with van der Waals surface area (Å²) in [7, 11) is 0. The first-order valence-corrected chi connectivity index (χ1v) is 6.32. The van der Waals surface area contributed by atoms with E-state index in [1.165, 1.54) is 5.56 Å². The van der Waals surface area contributed by atoms with E-state index in [0.29, 0.717) is 0 Å². The largest absolute Gasteiger partial charge is 0.397 e. The van der Waals surface area contributed by atoms with Gasteiger partial charge in [-0.25, -0.2) is 0 Å². The molecule has 0 spiro atoms. The minimum atomic E-state index is 0.229. The molecule has 0 aliphatic rings. The van der Waals surface area contributed by atoms with Crippen LogP contribution >= 0.6 is 15.9 Å². The zero-order chi connectivity index (χ0) is 12.3. The second-order valence-electron chi connectivity index (χ2n) is 4.01. The minimum Gasteiger partial charge on any atom is -0.397 e. The number of rotatable bonds is 3. The molecular formula is C14H15BrN2. The Kier molecular flexibility index (Phi) is 3.69. The van der Waals surface area contributed by atoms with E-state index in [-0.39, 0.29) is 6.04 Å². The lowest BCUT2D eigenvalue weighted by molar-refractivity contribution is 0.885. The van der Waals surface area contributed by atoms with E-state index in [2.05, 4.69) is 40.3 Å². The van der Waals surface area contributed by atoms with Gasteiger partial charge in [-0.15, -0.1) is 0 Å². The van der Waals surface area contributed by atoms with E-state index in [9.17, 15) is 0 Å². The summed E-state index contributed by atoms with van der Waals surface area (Å²) in [5, 5.41) is 3.41. The molecule has 0 saturated carbocycles. The molecule has 2 aromatic rings.